The molecule has 0 spiro atoms. The van der Waals surface area contributed by atoms with Crippen molar-refractivity contribution in [2.45, 2.75) is 13.0 Å². The lowest BCUT2D eigenvalue weighted by Gasteiger charge is -2.21. The van der Waals surface area contributed by atoms with E-state index in [-0.39, 0.29) is 5.56 Å². The van der Waals surface area contributed by atoms with Crippen LogP contribution < -0.4 is 5.56 Å². The van der Waals surface area contributed by atoms with Gasteiger partial charge in [-0.1, -0.05) is 30.3 Å². The van der Waals surface area contributed by atoms with Crippen molar-refractivity contribution in [3.05, 3.63) is 62.9 Å². The van der Waals surface area contributed by atoms with Gasteiger partial charge in [-0.3, -0.25) is 9.36 Å². The molecule has 0 radical (unpaired) electrons. The van der Waals surface area contributed by atoms with Gasteiger partial charge in [0.1, 0.15) is 5.82 Å². The topological polar surface area (TPSA) is 34.9 Å². The van der Waals surface area contributed by atoms with E-state index in [0.717, 1.165) is 27.8 Å². The van der Waals surface area contributed by atoms with Crippen molar-refractivity contribution < 1.29 is 0 Å². The zero-order chi connectivity index (χ0) is 13.7. The van der Waals surface area contributed by atoms with Crippen LogP contribution in [0.4, 0.5) is 0 Å². The number of fused-ring (bicyclic) bond motifs is 4. The zero-order valence-corrected chi connectivity index (χ0v) is 12.2. The van der Waals surface area contributed by atoms with Crippen LogP contribution >= 0.6 is 15.9 Å². The molecule has 2 heterocycles. The van der Waals surface area contributed by atoms with Crippen LogP contribution in [0.25, 0.3) is 22.3 Å². The standard InChI is InChI=1S/C16H11BrN2O/c17-12-6-3-7-13-14(12)16(20)19-9-8-10-4-1-2-5-11(10)15(19)18-13/h1-7H,8-9H2. The third-order valence-corrected chi connectivity index (χ3v) is 4.46. The fraction of sp³-hybridized carbons (Fsp3) is 0.125. The van der Waals surface area contributed by atoms with E-state index in [1.165, 1.54) is 5.56 Å². The number of nitrogens with zero attached hydrogens (tertiary/aromatic N) is 2. The quantitative estimate of drug-likeness (QED) is 0.634. The Hall–Kier alpha value is -1.94. The summed E-state index contributed by atoms with van der Waals surface area (Å²) in [5.74, 6) is 0.780. The molecule has 0 amide bonds. The van der Waals surface area contributed by atoms with Crippen LogP contribution in [0.15, 0.2) is 51.7 Å². The maximum Gasteiger partial charge on any atom is 0.262 e. The number of hydrogen-bond donors (Lipinski definition) is 0. The maximum atomic E-state index is 12.7. The minimum Gasteiger partial charge on any atom is -0.292 e. The molecule has 0 atom stereocenters. The van der Waals surface area contributed by atoms with E-state index in [2.05, 4.69) is 22.0 Å². The highest BCUT2D eigenvalue weighted by Gasteiger charge is 2.20. The summed E-state index contributed by atoms with van der Waals surface area (Å²) in [6.07, 6.45) is 0.876. The second-order valence-corrected chi connectivity index (χ2v) is 5.79. The Balaban J connectivity index is 2.16. The highest BCUT2D eigenvalue weighted by Crippen LogP contribution is 2.28. The second kappa shape index (κ2) is 4.28. The van der Waals surface area contributed by atoms with Gasteiger partial charge >= 0.3 is 0 Å². The van der Waals surface area contributed by atoms with E-state index in [0.29, 0.717) is 11.9 Å². The molecule has 4 heteroatoms. The first-order chi connectivity index (χ1) is 9.75. The van der Waals surface area contributed by atoms with Crippen molar-refractivity contribution in [1.82, 2.24) is 9.55 Å². The van der Waals surface area contributed by atoms with Crippen LogP contribution in [-0.2, 0) is 13.0 Å². The summed E-state index contributed by atoms with van der Waals surface area (Å²) in [5, 5.41) is 0.663. The fourth-order valence-electron chi connectivity index (χ4n) is 2.83. The van der Waals surface area contributed by atoms with Gasteiger partial charge in [0.25, 0.3) is 5.56 Å². The smallest absolute Gasteiger partial charge is 0.262 e. The molecule has 0 fully saturated rings. The lowest BCUT2D eigenvalue weighted by atomic mass is 10.00. The van der Waals surface area contributed by atoms with Gasteiger partial charge in [0, 0.05) is 16.6 Å². The molecule has 0 bridgehead atoms. The summed E-state index contributed by atoms with van der Waals surface area (Å²) >= 11 is 3.45. The van der Waals surface area contributed by atoms with Gasteiger partial charge < -0.3 is 0 Å². The molecule has 4 rings (SSSR count). The van der Waals surface area contributed by atoms with Gasteiger partial charge in [-0.05, 0) is 40.0 Å². The molecular weight excluding hydrogens is 316 g/mol. The maximum absolute atomic E-state index is 12.7. The van der Waals surface area contributed by atoms with Crippen LogP contribution in [0, 0.1) is 0 Å². The number of hydrogen-bond acceptors (Lipinski definition) is 2. The second-order valence-electron chi connectivity index (χ2n) is 4.93. The molecule has 0 saturated heterocycles. The first-order valence-electron chi connectivity index (χ1n) is 6.53. The number of rotatable bonds is 0. The largest absolute Gasteiger partial charge is 0.292 e. The normalized spacial score (nSPS) is 13.1. The molecule has 2 aromatic carbocycles. The van der Waals surface area contributed by atoms with Gasteiger partial charge in [0.05, 0.1) is 10.9 Å². The van der Waals surface area contributed by atoms with E-state index in [1.807, 2.05) is 36.4 Å². The first-order valence-corrected chi connectivity index (χ1v) is 7.32. The molecule has 1 aromatic heterocycles. The molecule has 0 saturated carbocycles. The lowest BCUT2D eigenvalue weighted by molar-refractivity contribution is 0.652. The van der Waals surface area contributed by atoms with E-state index in [9.17, 15) is 4.79 Å². The molecule has 0 N–H and O–H groups in total. The molecule has 0 aliphatic carbocycles. The van der Waals surface area contributed by atoms with E-state index >= 15 is 0 Å². The Morgan fingerprint density at radius 2 is 1.95 bits per heavy atom. The Morgan fingerprint density at radius 1 is 1.10 bits per heavy atom. The van der Waals surface area contributed by atoms with Crippen molar-refractivity contribution in [1.29, 1.82) is 0 Å². The third-order valence-electron chi connectivity index (χ3n) is 3.80. The number of aryl methyl sites for hydroxylation is 1. The Kier molecular flexibility index (Phi) is 2.54. The molecule has 20 heavy (non-hydrogen) atoms. The van der Waals surface area contributed by atoms with Crippen molar-refractivity contribution >= 4 is 26.8 Å². The van der Waals surface area contributed by atoms with Gasteiger partial charge in [-0.15, -0.1) is 0 Å². The zero-order valence-electron chi connectivity index (χ0n) is 10.6. The van der Waals surface area contributed by atoms with Crippen molar-refractivity contribution in [2.24, 2.45) is 0 Å². The number of halogens is 1. The molecule has 3 aromatic rings. The van der Waals surface area contributed by atoms with Crippen LogP contribution in [0.5, 0.6) is 0 Å². The first kappa shape index (κ1) is 11.9. The average molecular weight is 327 g/mol. The van der Waals surface area contributed by atoms with Crippen molar-refractivity contribution in [3.63, 3.8) is 0 Å². The highest BCUT2D eigenvalue weighted by atomic mass is 79.9. The molecule has 1 aliphatic rings. The Morgan fingerprint density at radius 3 is 2.85 bits per heavy atom. The average Bonchev–Trinajstić information content (AvgIpc) is 2.47. The highest BCUT2D eigenvalue weighted by molar-refractivity contribution is 9.10. The number of aromatic nitrogens is 2. The predicted octanol–water partition coefficient (Wildman–Crippen LogP) is 3.38. The molecule has 98 valence electrons. The summed E-state index contributed by atoms with van der Waals surface area (Å²) in [6, 6.07) is 13.8. The summed E-state index contributed by atoms with van der Waals surface area (Å²) in [5.41, 5.74) is 3.10. The SMILES string of the molecule is O=c1c2c(Br)cccc2nc2n1CCc1ccccc1-2. The molecule has 1 aliphatic heterocycles. The summed E-state index contributed by atoms with van der Waals surface area (Å²) in [7, 11) is 0. The minimum atomic E-state index is 0.0342. The minimum absolute atomic E-state index is 0.0342. The van der Waals surface area contributed by atoms with Gasteiger partial charge in [-0.25, -0.2) is 4.98 Å². The van der Waals surface area contributed by atoms with E-state index in [1.54, 1.807) is 4.57 Å². The summed E-state index contributed by atoms with van der Waals surface area (Å²) < 4.78 is 2.59. The molecule has 3 nitrogen and oxygen atoms in total. The van der Waals surface area contributed by atoms with Gasteiger partial charge in [0.2, 0.25) is 0 Å². The van der Waals surface area contributed by atoms with Crippen molar-refractivity contribution in [2.75, 3.05) is 0 Å². The van der Waals surface area contributed by atoms with Crippen LogP contribution in [0.1, 0.15) is 5.56 Å². The van der Waals surface area contributed by atoms with Crippen LogP contribution in [0.2, 0.25) is 0 Å². The van der Waals surface area contributed by atoms with E-state index in [4.69, 9.17) is 4.98 Å². The fourth-order valence-corrected chi connectivity index (χ4v) is 3.35. The predicted molar refractivity (Wildman–Crippen MR) is 82.8 cm³/mol. The molecule has 0 unspecified atom stereocenters. The summed E-state index contributed by atoms with van der Waals surface area (Å²) in [6.45, 7) is 0.690. The Bertz CT molecular complexity index is 899. The van der Waals surface area contributed by atoms with Crippen LogP contribution in [0.3, 0.4) is 0 Å². The van der Waals surface area contributed by atoms with Crippen molar-refractivity contribution in [3.8, 4) is 11.4 Å². The van der Waals surface area contributed by atoms with E-state index < -0.39 is 0 Å². The van der Waals surface area contributed by atoms with Gasteiger partial charge in [-0.2, -0.15) is 0 Å². The van der Waals surface area contributed by atoms with Crippen LogP contribution in [-0.4, -0.2) is 9.55 Å². The monoisotopic (exact) mass is 326 g/mol. The van der Waals surface area contributed by atoms with Gasteiger partial charge in [0.15, 0.2) is 0 Å². The third kappa shape index (κ3) is 1.58. The number of benzene rings is 2. The summed E-state index contributed by atoms with van der Waals surface area (Å²) in [4.78, 5) is 17.4. The molecular formula is C16H11BrN2O. The Labute approximate surface area is 124 Å². The lowest BCUT2D eigenvalue weighted by Crippen LogP contribution is -2.27.